The number of hydrogen-bond donors (Lipinski definition) is 1. The number of esters is 1. The largest absolute Gasteiger partial charge is 0.466 e. The SMILES string of the molecule is CCOC(=O)CC1c2ccccc2NC(=S)N1c1ccc(F)cc1. The molecule has 4 nitrogen and oxygen atoms in total. The van der Waals surface area contributed by atoms with Crippen LogP contribution in [0.4, 0.5) is 15.8 Å². The number of hydrogen-bond acceptors (Lipinski definition) is 3. The summed E-state index contributed by atoms with van der Waals surface area (Å²) in [5.41, 5.74) is 2.54. The third-order valence-electron chi connectivity index (χ3n) is 3.86. The van der Waals surface area contributed by atoms with Gasteiger partial charge in [-0.05, 0) is 55.0 Å². The molecule has 24 heavy (non-hydrogen) atoms. The third kappa shape index (κ3) is 3.23. The smallest absolute Gasteiger partial charge is 0.308 e. The monoisotopic (exact) mass is 344 g/mol. The van der Waals surface area contributed by atoms with E-state index >= 15 is 0 Å². The number of halogens is 1. The van der Waals surface area contributed by atoms with Crippen molar-refractivity contribution in [3.63, 3.8) is 0 Å². The molecular formula is C18H17FN2O2S. The van der Waals surface area contributed by atoms with Crippen LogP contribution in [-0.4, -0.2) is 17.7 Å². The lowest BCUT2D eigenvalue weighted by atomic mass is 9.97. The summed E-state index contributed by atoms with van der Waals surface area (Å²) in [6, 6.07) is 13.4. The fraction of sp³-hybridized carbons (Fsp3) is 0.222. The van der Waals surface area contributed by atoms with E-state index in [0.717, 1.165) is 16.9 Å². The number of nitrogens with zero attached hydrogens (tertiary/aromatic N) is 1. The second-order valence-electron chi connectivity index (χ2n) is 5.39. The van der Waals surface area contributed by atoms with Gasteiger partial charge in [-0.1, -0.05) is 18.2 Å². The van der Waals surface area contributed by atoms with E-state index in [9.17, 15) is 9.18 Å². The minimum absolute atomic E-state index is 0.157. The van der Waals surface area contributed by atoms with Crippen LogP contribution < -0.4 is 10.2 Å². The second kappa shape index (κ2) is 6.97. The van der Waals surface area contributed by atoms with Gasteiger partial charge in [0.1, 0.15) is 5.82 Å². The summed E-state index contributed by atoms with van der Waals surface area (Å²) in [7, 11) is 0. The standard InChI is InChI=1S/C18H17FN2O2S/c1-2-23-17(22)11-16-14-5-3-4-6-15(14)20-18(24)21(16)13-9-7-12(19)8-10-13/h3-10,16H,2,11H2,1H3,(H,20,24). The van der Waals surface area contributed by atoms with E-state index in [1.165, 1.54) is 12.1 Å². The molecule has 0 bridgehead atoms. The van der Waals surface area contributed by atoms with Crippen molar-refractivity contribution in [3.05, 3.63) is 59.9 Å². The van der Waals surface area contributed by atoms with Gasteiger partial charge in [0.25, 0.3) is 0 Å². The van der Waals surface area contributed by atoms with Crippen molar-refractivity contribution < 1.29 is 13.9 Å². The molecular weight excluding hydrogens is 327 g/mol. The zero-order valence-electron chi connectivity index (χ0n) is 13.2. The van der Waals surface area contributed by atoms with E-state index in [1.54, 1.807) is 19.1 Å². The summed E-state index contributed by atoms with van der Waals surface area (Å²) in [6.07, 6.45) is 0.157. The first kappa shape index (κ1) is 16.4. The van der Waals surface area contributed by atoms with Crippen molar-refractivity contribution in [1.82, 2.24) is 0 Å². The molecule has 1 aliphatic heterocycles. The van der Waals surface area contributed by atoms with Crippen LogP contribution >= 0.6 is 12.2 Å². The van der Waals surface area contributed by atoms with E-state index in [2.05, 4.69) is 5.32 Å². The molecule has 2 aromatic carbocycles. The van der Waals surface area contributed by atoms with Crippen molar-refractivity contribution in [2.45, 2.75) is 19.4 Å². The normalized spacial score (nSPS) is 16.3. The van der Waals surface area contributed by atoms with Gasteiger partial charge in [-0.3, -0.25) is 4.79 Å². The lowest BCUT2D eigenvalue weighted by molar-refractivity contribution is -0.143. The molecule has 0 spiro atoms. The van der Waals surface area contributed by atoms with E-state index in [0.29, 0.717) is 11.7 Å². The maximum Gasteiger partial charge on any atom is 0.308 e. The fourth-order valence-corrected chi connectivity index (χ4v) is 3.18. The fourth-order valence-electron chi connectivity index (χ4n) is 2.84. The highest BCUT2D eigenvalue weighted by Gasteiger charge is 2.33. The van der Waals surface area contributed by atoms with Crippen LogP contribution in [0.3, 0.4) is 0 Å². The number of anilines is 2. The van der Waals surface area contributed by atoms with E-state index < -0.39 is 0 Å². The Kier molecular flexibility index (Phi) is 4.76. The van der Waals surface area contributed by atoms with Crippen LogP contribution in [0.1, 0.15) is 24.9 Å². The van der Waals surface area contributed by atoms with Crippen LogP contribution in [0.5, 0.6) is 0 Å². The first-order valence-electron chi connectivity index (χ1n) is 7.70. The van der Waals surface area contributed by atoms with Crippen LogP contribution in [-0.2, 0) is 9.53 Å². The van der Waals surface area contributed by atoms with Gasteiger partial charge in [0, 0.05) is 11.4 Å². The summed E-state index contributed by atoms with van der Waals surface area (Å²) >= 11 is 5.48. The van der Waals surface area contributed by atoms with Crippen molar-refractivity contribution in [1.29, 1.82) is 0 Å². The van der Waals surface area contributed by atoms with Gasteiger partial charge < -0.3 is 15.0 Å². The number of ether oxygens (including phenoxy) is 1. The molecule has 6 heteroatoms. The number of fused-ring (bicyclic) bond motifs is 1. The molecule has 1 unspecified atom stereocenters. The highest BCUT2D eigenvalue weighted by Crippen LogP contribution is 2.38. The van der Waals surface area contributed by atoms with E-state index in [-0.39, 0.29) is 24.2 Å². The molecule has 0 radical (unpaired) electrons. The minimum atomic E-state index is -0.322. The number of carbonyl (C=O) groups is 1. The molecule has 0 aliphatic carbocycles. The van der Waals surface area contributed by atoms with Crippen molar-refractivity contribution in [3.8, 4) is 0 Å². The molecule has 124 valence electrons. The zero-order chi connectivity index (χ0) is 17.1. The number of carbonyl (C=O) groups excluding carboxylic acids is 1. The number of rotatable bonds is 4. The second-order valence-corrected chi connectivity index (χ2v) is 5.78. The average molecular weight is 344 g/mol. The van der Waals surface area contributed by atoms with Gasteiger partial charge in [0.2, 0.25) is 0 Å². The van der Waals surface area contributed by atoms with Crippen molar-refractivity contribution >= 4 is 34.7 Å². The first-order valence-corrected chi connectivity index (χ1v) is 8.11. The lowest BCUT2D eigenvalue weighted by Crippen LogP contribution is -2.43. The molecule has 0 saturated heterocycles. The average Bonchev–Trinajstić information content (AvgIpc) is 2.56. The predicted molar refractivity (Wildman–Crippen MR) is 95.5 cm³/mol. The summed E-state index contributed by atoms with van der Waals surface area (Å²) in [6.45, 7) is 2.10. The minimum Gasteiger partial charge on any atom is -0.466 e. The van der Waals surface area contributed by atoms with Crippen molar-refractivity contribution in [2.24, 2.45) is 0 Å². The molecule has 0 saturated carbocycles. The number of benzene rings is 2. The number of para-hydroxylation sites is 1. The summed E-state index contributed by atoms with van der Waals surface area (Å²) in [5, 5.41) is 3.64. The molecule has 3 rings (SSSR count). The Labute approximate surface area is 145 Å². The molecule has 2 aromatic rings. The number of nitrogens with one attached hydrogen (secondary N) is 1. The van der Waals surface area contributed by atoms with Gasteiger partial charge in [-0.2, -0.15) is 0 Å². The summed E-state index contributed by atoms with van der Waals surface area (Å²) < 4.78 is 18.4. The Morgan fingerprint density at radius 1 is 1.25 bits per heavy atom. The molecule has 0 fully saturated rings. The molecule has 0 amide bonds. The Morgan fingerprint density at radius 2 is 1.96 bits per heavy atom. The quantitative estimate of drug-likeness (QED) is 0.670. The summed E-state index contributed by atoms with van der Waals surface area (Å²) in [4.78, 5) is 13.9. The van der Waals surface area contributed by atoms with E-state index in [4.69, 9.17) is 17.0 Å². The summed E-state index contributed by atoms with van der Waals surface area (Å²) in [5.74, 6) is -0.619. The van der Waals surface area contributed by atoms with Gasteiger partial charge in [-0.25, -0.2) is 4.39 Å². The van der Waals surface area contributed by atoms with Gasteiger partial charge in [0.05, 0.1) is 19.1 Å². The molecule has 0 aromatic heterocycles. The highest BCUT2D eigenvalue weighted by molar-refractivity contribution is 7.80. The Morgan fingerprint density at radius 3 is 2.67 bits per heavy atom. The molecule has 1 heterocycles. The zero-order valence-corrected chi connectivity index (χ0v) is 14.0. The van der Waals surface area contributed by atoms with E-state index in [1.807, 2.05) is 29.2 Å². The maximum absolute atomic E-state index is 13.3. The Bertz CT molecular complexity index is 764. The molecule has 1 atom stereocenters. The van der Waals surface area contributed by atoms with Gasteiger partial charge in [-0.15, -0.1) is 0 Å². The van der Waals surface area contributed by atoms with Crippen LogP contribution in [0.15, 0.2) is 48.5 Å². The molecule has 1 N–H and O–H groups in total. The first-order chi connectivity index (χ1) is 11.6. The third-order valence-corrected chi connectivity index (χ3v) is 4.16. The van der Waals surface area contributed by atoms with Crippen LogP contribution in [0.25, 0.3) is 0 Å². The predicted octanol–water partition coefficient (Wildman–Crippen LogP) is 4.04. The van der Waals surface area contributed by atoms with Crippen molar-refractivity contribution in [2.75, 3.05) is 16.8 Å². The Hall–Kier alpha value is -2.47. The van der Waals surface area contributed by atoms with Crippen LogP contribution in [0, 0.1) is 5.82 Å². The highest BCUT2D eigenvalue weighted by atomic mass is 32.1. The number of thiocarbonyl (C=S) groups is 1. The maximum atomic E-state index is 13.3. The topological polar surface area (TPSA) is 41.6 Å². The molecule has 1 aliphatic rings. The lowest BCUT2D eigenvalue weighted by Gasteiger charge is -2.39. The van der Waals surface area contributed by atoms with Crippen LogP contribution in [0.2, 0.25) is 0 Å². The Balaban J connectivity index is 2.02. The van der Waals surface area contributed by atoms with Gasteiger partial charge >= 0.3 is 5.97 Å². The van der Waals surface area contributed by atoms with Gasteiger partial charge in [0.15, 0.2) is 5.11 Å².